The Morgan fingerprint density at radius 2 is 1.75 bits per heavy atom. The number of hydrogen-bond acceptors (Lipinski definition) is 1. The molecule has 1 aromatic rings. The van der Waals surface area contributed by atoms with Crippen LogP contribution in [-0.2, 0) is 4.79 Å². The molecule has 0 radical (unpaired) electrons. The molecule has 0 fully saturated rings. The Labute approximate surface area is 98.2 Å². The van der Waals surface area contributed by atoms with E-state index in [9.17, 15) is 4.79 Å². The van der Waals surface area contributed by atoms with Crippen LogP contribution in [0.3, 0.4) is 0 Å². The average molecular weight is 216 g/mol. The summed E-state index contributed by atoms with van der Waals surface area (Å²) in [7, 11) is 0. The molecule has 0 N–H and O–H groups in total. The molecule has 16 heavy (non-hydrogen) atoms. The van der Waals surface area contributed by atoms with Crippen LogP contribution in [0.1, 0.15) is 39.7 Å². The molecule has 0 aliphatic carbocycles. The number of carbonyl (C=O) groups excluding carboxylic acids is 1. The predicted octanol–water partition coefficient (Wildman–Crippen LogP) is 4.10. The second kappa shape index (κ2) is 5.64. The third kappa shape index (κ3) is 2.82. The monoisotopic (exact) mass is 216 g/mol. The molecule has 1 atom stereocenters. The van der Waals surface area contributed by atoms with Crippen molar-refractivity contribution in [3.8, 4) is 0 Å². The fraction of sp³-hybridized carbons (Fsp3) is 0.400. The van der Waals surface area contributed by atoms with Crippen LogP contribution in [0, 0.1) is 5.92 Å². The number of hydrogen-bond donors (Lipinski definition) is 0. The van der Waals surface area contributed by atoms with Gasteiger partial charge in [-0.3, -0.25) is 4.79 Å². The first-order valence-electron chi connectivity index (χ1n) is 5.85. The van der Waals surface area contributed by atoms with Gasteiger partial charge in [0.15, 0.2) is 5.78 Å². The Balaban J connectivity index is 3.22. The van der Waals surface area contributed by atoms with E-state index in [0.717, 1.165) is 23.1 Å². The molecule has 0 amide bonds. The molecule has 1 nitrogen and oxygen atoms in total. The fourth-order valence-corrected chi connectivity index (χ4v) is 2.03. The summed E-state index contributed by atoms with van der Waals surface area (Å²) in [5.74, 6) is 0.522. The molecule has 0 saturated carbocycles. The fourth-order valence-electron chi connectivity index (χ4n) is 2.03. The van der Waals surface area contributed by atoms with Gasteiger partial charge in [-0.2, -0.15) is 0 Å². The van der Waals surface area contributed by atoms with Crippen molar-refractivity contribution >= 4 is 11.4 Å². The number of benzene rings is 1. The van der Waals surface area contributed by atoms with Gasteiger partial charge in [-0.05, 0) is 37.3 Å². The Hall–Kier alpha value is -1.37. The standard InChI is InChI=1S/C15H20O/c1-5-11(2)15(13(4)16)12(3)14-9-7-6-8-10-14/h6-11H,5H2,1-4H3. The van der Waals surface area contributed by atoms with Crippen molar-refractivity contribution in [1.82, 2.24) is 0 Å². The lowest BCUT2D eigenvalue weighted by Crippen LogP contribution is -2.09. The summed E-state index contributed by atoms with van der Waals surface area (Å²) in [5, 5.41) is 0. The second-order valence-corrected chi connectivity index (χ2v) is 4.27. The van der Waals surface area contributed by atoms with Gasteiger partial charge in [-0.25, -0.2) is 0 Å². The molecule has 1 heteroatoms. The molecule has 1 aromatic carbocycles. The largest absolute Gasteiger partial charge is 0.295 e. The van der Waals surface area contributed by atoms with E-state index in [1.807, 2.05) is 25.1 Å². The Kier molecular flexibility index (Phi) is 4.48. The lowest BCUT2D eigenvalue weighted by atomic mass is 9.88. The number of allylic oxidation sites excluding steroid dienone is 2. The van der Waals surface area contributed by atoms with Crippen molar-refractivity contribution < 1.29 is 4.79 Å². The van der Waals surface area contributed by atoms with Crippen LogP contribution in [0.15, 0.2) is 35.9 Å². The molecule has 0 spiro atoms. The third-order valence-electron chi connectivity index (χ3n) is 3.10. The van der Waals surface area contributed by atoms with Crippen LogP contribution >= 0.6 is 0 Å². The quantitative estimate of drug-likeness (QED) is 0.693. The Morgan fingerprint density at radius 3 is 2.19 bits per heavy atom. The van der Waals surface area contributed by atoms with Crippen molar-refractivity contribution in [2.45, 2.75) is 34.1 Å². The van der Waals surface area contributed by atoms with E-state index < -0.39 is 0 Å². The zero-order chi connectivity index (χ0) is 12.1. The lowest BCUT2D eigenvalue weighted by molar-refractivity contribution is -0.114. The van der Waals surface area contributed by atoms with E-state index in [1.54, 1.807) is 6.92 Å². The van der Waals surface area contributed by atoms with E-state index in [1.165, 1.54) is 0 Å². The highest BCUT2D eigenvalue weighted by atomic mass is 16.1. The van der Waals surface area contributed by atoms with Gasteiger partial charge in [0.1, 0.15) is 0 Å². The third-order valence-corrected chi connectivity index (χ3v) is 3.10. The predicted molar refractivity (Wildman–Crippen MR) is 69.2 cm³/mol. The first kappa shape index (κ1) is 12.7. The molecular formula is C15H20O. The normalized spacial score (nSPS) is 14.2. The summed E-state index contributed by atoms with van der Waals surface area (Å²) in [6, 6.07) is 10.1. The lowest BCUT2D eigenvalue weighted by Gasteiger charge is -2.15. The van der Waals surface area contributed by atoms with Crippen molar-refractivity contribution in [1.29, 1.82) is 0 Å². The van der Waals surface area contributed by atoms with Gasteiger partial charge < -0.3 is 0 Å². The maximum Gasteiger partial charge on any atom is 0.156 e. The molecule has 0 saturated heterocycles. The number of Topliss-reactive ketones (excluding diaryl/α,β-unsaturated/α-hetero) is 1. The van der Waals surface area contributed by atoms with Crippen LogP contribution < -0.4 is 0 Å². The van der Waals surface area contributed by atoms with Crippen molar-refractivity contribution in [2.24, 2.45) is 5.92 Å². The summed E-state index contributed by atoms with van der Waals surface area (Å²) >= 11 is 0. The molecule has 0 heterocycles. The summed E-state index contributed by atoms with van der Waals surface area (Å²) in [4.78, 5) is 11.7. The Morgan fingerprint density at radius 1 is 1.19 bits per heavy atom. The van der Waals surface area contributed by atoms with E-state index >= 15 is 0 Å². The molecule has 1 rings (SSSR count). The SMILES string of the molecule is CCC(C)C(C(C)=O)=C(C)c1ccccc1. The topological polar surface area (TPSA) is 17.1 Å². The van der Waals surface area contributed by atoms with Gasteiger partial charge in [0.2, 0.25) is 0 Å². The highest BCUT2D eigenvalue weighted by Gasteiger charge is 2.15. The average Bonchev–Trinajstić information content (AvgIpc) is 2.29. The van der Waals surface area contributed by atoms with Gasteiger partial charge in [-0.1, -0.05) is 44.2 Å². The minimum Gasteiger partial charge on any atom is -0.295 e. The van der Waals surface area contributed by atoms with E-state index in [0.29, 0.717) is 5.92 Å². The Bertz CT molecular complexity index is 387. The summed E-state index contributed by atoms with van der Waals surface area (Å²) < 4.78 is 0. The van der Waals surface area contributed by atoms with Crippen molar-refractivity contribution in [3.05, 3.63) is 41.5 Å². The van der Waals surface area contributed by atoms with Gasteiger partial charge in [0, 0.05) is 5.57 Å². The molecule has 0 aliphatic heterocycles. The minimum absolute atomic E-state index is 0.190. The maximum absolute atomic E-state index is 11.7. The highest BCUT2D eigenvalue weighted by Crippen LogP contribution is 2.25. The van der Waals surface area contributed by atoms with Gasteiger partial charge in [0.05, 0.1) is 0 Å². The van der Waals surface area contributed by atoms with Crippen LogP contribution in [0.2, 0.25) is 0 Å². The second-order valence-electron chi connectivity index (χ2n) is 4.27. The molecule has 0 aliphatic rings. The highest BCUT2D eigenvalue weighted by molar-refractivity contribution is 6.01. The summed E-state index contributed by atoms with van der Waals surface area (Å²) in [5.41, 5.74) is 3.23. The first-order valence-corrected chi connectivity index (χ1v) is 5.85. The molecule has 86 valence electrons. The summed E-state index contributed by atoms with van der Waals surface area (Å²) in [6.45, 7) is 7.93. The number of rotatable bonds is 4. The molecule has 0 bridgehead atoms. The zero-order valence-corrected chi connectivity index (χ0v) is 10.6. The van der Waals surface area contributed by atoms with Crippen molar-refractivity contribution in [2.75, 3.05) is 0 Å². The van der Waals surface area contributed by atoms with Gasteiger partial charge >= 0.3 is 0 Å². The minimum atomic E-state index is 0.190. The van der Waals surface area contributed by atoms with Crippen LogP contribution in [0.4, 0.5) is 0 Å². The smallest absolute Gasteiger partial charge is 0.156 e. The zero-order valence-electron chi connectivity index (χ0n) is 10.6. The number of carbonyl (C=O) groups is 1. The summed E-state index contributed by atoms with van der Waals surface area (Å²) in [6.07, 6.45) is 0.999. The molecule has 1 unspecified atom stereocenters. The van der Waals surface area contributed by atoms with E-state index in [2.05, 4.69) is 26.0 Å². The maximum atomic E-state index is 11.7. The van der Waals surface area contributed by atoms with Gasteiger partial charge in [-0.15, -0.1) is 0 Å². The number of ketones is 1. The molecule has 0 aromatic heterocycles. The first-order chi connectivity index (χ1) is 7.57. The molecular weight excluding hydrogens is 196 g/mol. The van der Waals surface area contributed by atoms with Crippen LogP contribution in [0.5, 0.6) is 0 Å². The van der Waals surface area contributed by atoms with E-state index in [-0.39, 0.29) is 5.78 Å². The van der Waals surface area contributed by atoms with Crippen LogP contribution in [0.25, 0.3) is 5.57 Å². The van der Waals surface area contributed by atoms with Crippen molar-refractivity contribution in [3.63, 3.8) is 0 Å². The van der Waals surface area contributed by atoms with Crippen LogP contribution in [-0.4, -0.2) is 5.78 Å². The van der Waals surface area contributed by atoms with Gasteiger partial charge in [0.25, 0.3) is 0 Å². The van der Waals surface area contributed by atoms with E-state index in [4.69, 9.17) is 0 Å².